The molecule has 140 valence electrons. The van der Waals surface area contributed by atoms with Gasteiger partial charge < -0.3 is 5.32 Å². The highest BCUT2D eigenvalue weighted by Crippen LogP contribution is 2.40. The van der Waals surface area contributed by atoms with E-state index >= 15 is 0 Å². The number of halogens is 3. The summed E-state index contributed by atoms with van der Waals surface area (Å²) in [6, 6.07) is 5.14. The molecule has 25 heavy (non-hydrogen) atoms. The maximum atomic E-state index is 12.7. The van der Waals surface area contributed by atoms with E-state index in [1.54, 1.807) is 6.07 Å². The summed E-state index contributed by atoms with van der Waals surface area (Å²) in [4.78, 5) is 12.2. The van der Waals surface area contributed by atoms with Crippen LogP contribution in [0.25, 0.3) is 0 Å². The summed E-state index contributed by atoms with van der Waals surface area (Å²) in [6.45, 7) is 6.80. The van der Waals surface area contributed by atoms with Crippen LogP contribution in [0.1, 0.15) is 64.0 Å². The van der Waals surface area contributed by atoms with E-state index in [9.17, 15) is 18.0 Å². The van der Waals surface area contributed by atoms with E-state index in [-0.39, 0.29) is 18.4 Å². The Bertz CT molecular complexity index is 587. The smallest absolute Gasteiger partial charge is 0.353 e. The van der Waals surface area contributed by atoms with Crippen LogP contribution >= 0.6 is 0 Å². The van der Waals surface area contributed by atoms with Crippen molar-refractivity contribution in [1.82, 2.24) is 5.32 Å². The summed E-state index contributed by atoms with van der Waals surface area (Å²) in [5.41, 5.74) is 0.0146. The van der Waals surface area contributed by atoms with Gasteiger partial charge in [0.25, 0.3) is 0 Å². The monoisotopic (exact) mass is 355 g/mol. The van der Waals surface area contributed by atoms with Gasteiger partial charge in [0.15, 0.2) is 0 Å². The Morgan fingerprint density at radius 1 is 1.16 bits per heavy atom. The van der Waals surface area contributed by atoms with Crippen molar-refractivity contribution in [3.8, 4) is 0 Å². The van der Waals surface area contributed by atoms with Gasteiger partial charge in [-0.05, 0) is 48.6 Å². The second-order valence-electron chi connectivity index (χ2n) is 7.83. The summed E-state index contributed by atoms with van der Waals surface area (Å²) >= 11 is 0. The van der Waals surface area contributed by atoms with E-state index in [0.717, 1.165) is 44.2 Å². The van der Waals surface area contributed by atoms with Crippen molar-refractivity contribution in [2.45, 2.75) is 71.5 Å². The van der Waals surface area contributed by atoms with Gasteiger partial charge in [0.05, 0.1) is 12.0 Å². The maximum absolute atomic E-state index is 12.7. The summed E-state index contributed by atoms with van der Waals surface area (Å²) in [7, 11) is 0. The van der Waals surface area contributed by atoms with Crippen LogP contribution < -0.4 is 5.32 Å². The highest BCUT2D eigenvalue weighted by Gasteiger charge is 2.32. The van der Waals surface area contributed by atoms with Crippen molar-refractivity contribution in [2.75, 3.05) is 0 Å². The highest BCUT2D eigenvalue weighted by atomic mass is 19.4. The van der Waals surface area contributed by atoms with Crippen molar-refractivity contribution in [3.05, 3.63) is 35.4 Å². The number of hydrogen-bond acceptors (Lipinski definition) is 1. The van der Waals surface area contributed by atoms with Crippen molar-refractivity contribution in [1.29, 1.82) is 0 Å². The molecule has 1 aliphatic rings. The van der Waals surface area contributed by atoms with E-state index < -0.39 is 11.7 Å². The van der Waals surface area contributed by atoms with Gasteiger partial charge in [-0.1, -0.05) is 45.4 Å². The molecular formula is C20H28F3NO. The lowest BCUT2D eigenvalue weighted by atomic mass is 9.69. The molecule has 0 bridgehead atoms. The molecule has 0 saturated heterocycles. The lowest BCUT2D eigenvalue weighted by molar-refractivity contribution is -0.137. The first-order valence-corrected chi connectivity index (χ1v) is 9.07. The Morgan fingerprint density at radius 2 is 1.80 bits per heavy atom. The number of amides is 1. The third kappa shape index (κ3) is 5.48. The van der Waals surface area contributed by atoms with Gasteiger partial charge in [0.1, 0.15) is 0 Å². The fourth-order valence-electron chi connectivity index (χ4n) is 3.63. The van der Waals surface area contributed by atoms with Crippen LogP contribution in [-0.2, 0) is 17.4 Å². The largest absolute Gasteiger partial charge is 0.416 e. The first-order valence-electron chi connectivity index (χ1n) is 9.07. The number of nitrogens with one attached hydrogen (secondary N) is 1. The van der Waals surface area contributed by atoms with Crippen molar-refractivity contribution < 1.29 is 18.0 Å². The zero-order valence-corrected chi connectivity index (χ0v) is 15.2. The summed E-state index contributed by atoms with van der Waals surface area (Å²) in [5, 5.41) is 3.00. The molecule has 0 aromatic heterocycles. The normalized spacial score (nSPS) is 21.8. The second-order valence-corrected chi connectivity index (χ2v) is 7.83. The number of alkyl halides is 3. The second kappa shape index (κ2) is 7.79. The van der Waals surface area contributed by atoms with Gasteiger partial charge in [-0.2, -0.15) is 13.2 Å². The predicted molar refractivity (Wildman–Crippen MR) is 93.1 cm³/mol. The topological polar surface area (TPSA) is 29.1 Å². The summed E-state index contributed by atoms with van der Waals surface area (Å²) in [5.74, 6) is 0.478. The minimum atomic E-state index is -4.38. The predicted octanol–water partition coefficient (Wildman–Crippen LogP) is 5.36. The van der Waals surface area contributed by atoms with E-state index in [4.69, 9.17) is 0 Å². The maximum Gasteiger partial charge on any atom is 0.416 e. The Hall–Kier alpha value is -1.52. The van der Waals surface area contributed by atoms with E-state index in [0.29, 0.717) is 16.9 Å². The molecule has 1 aromatic rings. The molecular weight excluding hydrogens is 327 g/mol. The molecule has 1 N–H and O–H groups in total. The number of rotatable bonds is 5. The first-order chi connectivity index (χ1) is 11.6. The van der Waals surface area contributed by atoms with Crippen LogP contribution in [0, 0.1) is 11.3 Å². The zero-order valence-electron chi connectivity index (χ0n) is 15.2. The third-order valence-electron chi connectivity index (χ3n) is 5.73. The number of benzene rings is 1. The quantitative estimate of drug-likeness (QED) is 0.757. The molecule has 0 heterocycles. The van der Waals surface area contributed by atoms with Crippen molar-refractivity contribution in [2.24, 2.45) is 11.3 Å². The average molecular weight is 355 g/mol. The molecule has 0 unspecified atom stereocenters. The number of hydrogen-bond donors (Lipinski definition) is 1. The SMILES string of the molecule is CCC(C)(C)C1CCC(NC(=O)Cc2cccc(C(F)(F)F)c2)CC1. The van der Waals surface area contributed by atoms with Gasteiger partial charge in [-0.15, -0.1) is 0 Å². The first kappa shape index (κ1) is 19.8. The molecule has 1 saturated carbocycles. The molecule has 1 aromatic carbocycles. The Balaban J connectivity index is 1.86. The van der Waals surface area contributed by atoms with Crippen LogP contribution in [0.4, 0.5) is 13.2 Å². The Labute approximate surface area is 148 Å². The molecule has 0 atom stereocenters. The van der Waals surface area contributed by atoms with Crippen LogP contribution in [0.15, 0.2) is 24.3 Å². The molecule has 5 heteroatoms. The standard InChI is InChI=1S/C20H28F3NO/c1-4-19(2,3)15-8-10-17(11-9-15)24-18(25)13-14-6-5-7-16(12-14)20(21,22)23/h5-7,12,15,17H,4,8-11,13H2,1-3H3,(H,24,25). The van der Waals surface area contributed by atoms with Crippen LogP contribution in [0.2, 0.25) is 0 Å². The lowest BCUT2D eigenvalue weighted by Gasteiger charge is -2.39. The molecule has 0 radical (unpaired) electrons. The average Bonchev–Trinajstić information content (AvgIpc) is 2.54. The Kier molecular flexibility index (Phi) is 6.17. The molecule has 0 spiro atoms. The van der Waals surface area contributed by atoms with Crippen LogP contribution in [0.5, 0.6) is 0 Å². The van der Waals surface area contributed by atoms with Gasteiger partial charge >= 0.3 is 6.18 Å². The minimum Gasteiger partial charge on any atom is -0.353 e. The molecule has 1 aliphatic carbocycles. The molecule has 1 fully saturated rings. The summed E-state index contributed by atoms with van der Waals surface area (Å²) in [6.07, 6.45) is 0.834. The third-order valence-corrected chi connectivity index (χ3v) is 5.73. The van der Waals surface area contributed by atoms with E-state index in [1.807, 2.05) is 0 Å². The fourth-order valence-corrected chi connectivity index (χ4v) is 3.63. The number of carbonyl (C=O) groups excluding carboxylic acids is 1. The van der Waals surface area contributed by atoms with Gasteiger partial charge in [-0.25, -0.2) is 0 Å². The lowest BCUT2D eigenvalue weighted by Crippen LogP contribution is -2.40. The summed E-state index contributed by atoms with van der Waals surface area (Å²) < 4.78 is 38.2. The Morgan fingerprint density at radius 3 is 2.36 bits per heavy atom. The van der Waals surface area contributed by atoms with E-state index in [1.165, 1.54) is 6.07 Å². The zero-order chi connectivity index (χ0) is 18.7. The fraction of sp³-hybridized carbons (Fsp3) is 0.650. The van der Waals surface area contributed by atoms with Crippen molar-refractivity contribution >= 4 is 5.91 Å². The van der Waals surface area contributed by atoms with Gasteiger partial charge in [0.2, 0.25) is 5.91 Å². The molecule has 1 amide bonds. The minimum absolute atomic E-state index is 0.00962. The number of carbonyl (C=O) groups is 1. The van der Waals surface area contributed by atoms with Crippen molar-refractivity contribution in [3.63, 3.8) is 0 Å². The molecule has 2 rings (SSSR count). The highest BCUT2D eigenvalue weighted by molar-refractivity contribution is 5.78. The van der Waals surface area contributed by atoms with Crippen LogP contribution in [0.3, 0.4) is 0 Å². The van der Waals surface area contributed by atoms with E-state index in [2.05, 4.69) is 26.1 Å². The van der Waals surface area contributed by atoms with Crippen LogP contribution in [-0.4, -0.2) is 11.9 Å². The van der Waals surface area contributed by atoms with Gasteiger partial charge in [-0.3, -0.25) is 4.79 Å². The van der Waals surface area contributed by atoms with Gasteiger partial charge in [0, 0.05) is 6.04 Å². The molecule has 2 nitrogen and oxygen atoms in total. The molecule has 0 aliphatic heterocycles.